The van der Waals surface area contributed by atoms with Crippen LogP contribution < -0.4 is 16.4 Å². The van der Waals surface area contributed by atoms with E-state index in [1.807, 2.05) is 6.92 Å². The van der Waals surface area contributed by atoms with E-state index in [2.05, 4.69) is 15.5 Å². The van der Waals surface area contributed by atoms with Crippen molar-refractivity contribution in [1.29, 1.82) is 0 Å². The molecule has 0 aromatic heterocycles. The Morgan fingerprint density at radius 1 is 1.30 bits per heavy atom. The number of hydrogen-bond donors (Lipinski definition) is 3. The third kappa shape index (κ3) is 4.45. The molecule has 2 rings (SSSR count). The van der Waals surface area contributed by atoms with Gasteiger partial charge in [-0.05, 0) is 38.6 Å². The van der Waals surface area contributed by atoms with E-state index in [1.54, 1.807) is 0 Å². The second-order valence-electron chi connectivity index (χ2n) is 6.15. The molecule has 0 bridgehead atoms. The highest BCUT2D eigenvalue weighted by Gasteiger charge is 2.27. The lowest BCUT2D eigenvalue weighted by atomic mass is 10.0. The first kappa shape index (κ1) is 15.3. The zero-order chi connectivity index (χ0) is 14.5. The van der Waals surface area contributed by atoms with Crippen molar-refractivity contribution < 1.29 is 9.59 Å². The highest BCUT2D eigenvalue weighted by molar-refractivity contribution is 5.95. The van der Waals surface area contributed by atoms with Crippen molar-refractivity contribution in [1.82, 2.24) is 15.5 Å². The summed E-state index contributed by atoms with van der Waals surface area (Å²) in [6.07, 6.45) is 5.38. The zero-order valence-electron chi connectivity index (χ0n) is 12.2. The predicted molar refractivity (Wildman–Crippen MR) is 77.1 cm³/mol. The molecular weight excluding hydrogens is 256 g/mol. The van der Waals surface area contributed by atoms with Crippen LogP contribution in [0.1, 0.15) is 39.0 Å². The fraction of sp³-hybridized carbons (Fsp3) is 0.857. The quantitative estimate of drug-likeness (QED) is 0.697. The minimum Gasteiger partial charge on any atom is -0.335 e. The van der Waals surface area contributed by atoms with Gasteiger partial charge in [-0.1, -0.05) is 12.8 Å². The monoisotopic (exact) mass is 282 g/mol. The Balaban J connectivity index is 1.66. The van der Waals surface area contributed by atoms with Gasteiger partial charge in [-0.3, -0.25) is 15.0 Å². The number of imide groups is 1. The van der Waals surface area contributed by atoms with Crippen LogP contribution in [-0.2, 0) is 4.79 Å². The molecule has 2 fully saturated rings. The summed E-state index contributed by atoms with van der Waals surface area (Å²) in [4.78, 5) is 25.6. The number of rotatable bonds is 4. The van der Waals surface area contributed by atoms with Crippen LogP contribution in [0.5, 0.6) is 0 Å². The van der Waals surface area contributed by atoms with E-state index in [0.29, 0.717) is 5.92 Å². The molecule has 114 valence electrons. The van der Waals surface area contributed by atoms with Crippen LogP contribution in [0.2, 0.25) is 0 Å². The second-order valence-corrected chi connectivity index (χ2v) is 6.15. The first-order chi connectivity index (χ1) is 9.54. The maximum absolute atomic E-state index is 11.8. The molecule has 2 aliphatic rings. The Kier molecular flexibility index (Phi) is 5.37. The summed E-state index contributed by atoms with van der Waals surface area (Å²) in [6.45, 7) is 4.00. The van der Waals surface area contributed by atoms with Gasteiger partial charge >= 0.3 is 6.03 Å². The molecule has 6 nitrogen and oxygen atoms in total. The number of hydrogen-bond acceptors (Lipinski definition) is 4. The molecular formula is C14H26N4O2. The summed E-state index contributed by atoms with van der Waals surface area (Å²) in [5, 5.41) is 5.27. The molecule has 20 heavy (non-hydrogen) atoms. The van der Waals surface area contributed by atoms with Crippen molar-refractivity contribution in [2.75, 3.05) is 19.6 Å². The fourth-order valence-electron chi connectivity index (χ4n) is 3.10. The van der Waals surface area contributed by atoms with E-state index in [4.69, 9.17) is 5.73 Å². The molecule has 1 heterocycles. The zero-order valence-corrected chi connectivity index (χ0v) is 12.2. The molecule has 0 aromatic rings. The summed E-state index contributed by atoms with van der Waals surface area (Å²) in [6, 6.07) is 0.0376. The Morgan fingerprint density at radius 2 is 2.00 bits per heavy atom. The average Bonchev–Trinajstić information content (AvgIpc) is 2.99. The summed E-state index contributed by atoms with van der Waals surface area (Å²) < 4.78 is 0. The fourth-order valence-corrected chi connectivity index (χ4v) is 3.10. The van der Waals surface area contributed by atoms with Crippen molar-refractivity contribution in [3.8, 4) is 0 Å². The minimum atomic E-state index is -0.357. The van der Waals surface area contributed by atoms with E-state index in [9.17, 15) is 9.59 Å². The van der Waals surface area contributed by atoms with Crippen molar-refractivity contribution in [3.63, 3.8) is 0 Å². The highest BCUT2D eigenvalue weighted by Crippen LogP contribution is 2.18. The smallest absolute Gasteiger partial charge is 0.321 e. The third-order valence-corrected chi connectivity index (χ3v) is 4.36. The number of carbonyl (C=O) groups excluding carboxylic acids is 2. The largest absolute Gasteiger partial charge is 0.335 e. The van der Waals surface area contributed by atoms with Crippen LogP contribution in [0.15, 0.2) is 0 Å². The molecule has 0 aromatic carbocycles. The lowest BCUT2D eigenvalue weighted by Crippen LogP contribution is -2.46. The highest BCUT2D eigenvalue weighted by atomic mass is 16.2. The predicted octanol–water partition coefficient (Wildman–Crippen LogP) is 0.424. The normalized spacial score (nSPS) is 25.6. The van der Waals surface area contributed by atoms with Crippen LogP contribution in [-0.4, -0.2) is 48.6 Å². The van der Waals surface area contributed by atoms with Gasteiger partial charge in [-0.2, -0.15) is 0 Å². The van der Waals surface area contributed by atoms with Gasteiger partial charge < -0.3 is 11.1 Å². The van der Waals surface area contributed by atoms with Crippen LogP contribution in [0.3, 0.4) is 0 Å². The van der Waals surface area contributed by atoms with Crippen molar-refractivity contribution in [3.05, 3.63) is 0 Å². The van der Waals surface area contributed by atoms with Gasteiger partial charge in [0.1, 0.15) is 0 Å². The molecule has 3 amide bonds. The molecule has 4 N–H and O–H groups in total. The van der Waals surface area contributed by atoms with Gasteiger partial charge in [-0.25, -0.2) is 4.79 Å². The topological polar surface area (TPSA) is 87.5 Å². The SMILES string of the molecule is CC(N)C1CCN(CC(=O)NC(=O)NC2CCCC2)C1. The van der Waals surface area contributed by atoms with E-state index in [1.165, 1.54) is 0 Å². The molecule has 0 spiro atoms. The second kappa shape index (κ2) is 7.04. The molecule has 1 aliphatic heterocycles. The van der Waals surface area contributed by atoms with Gasteiger partial charge in [0.25, 0.3) is 0 Å². The third-order valence-electron chi connectivity index (χ3n) is 4.36. The summed E-state index contributed by atoms with van der Waals surface area (Å²) in [7, 11) is 0. The number of carbonyl (C=O) groups is 2. The molecule has 6 heteroatoms. The van der Waals surface area contributed by atoms with Crippen LogP contribution >= 0.6 is 0 Å². The Morgan fingerprint density at radius 3 is 2.60 bits per heavy atom. The summed E-state index contributed by atoms with van der Waals surface area (Å²) >= 11 is 0. The first-order valence-electron chi connectivity index (χ1n) is 7.63. The maximum Gasteiger partial charge on any atom is 0.321 e. The van der Waals surface area contributed by atoms with Gasteiger partial charge in [-0.15, -0.1) is 0 Å². The van der Waals surface area contributed by atoms with Crippen molar-refractivity contribution in [2.45, 2.75) is 51.1 Å². The lowest BCUT2D eigenvalue weighted by Gasteiger charge is -2.18. The lowest BCUT2D eigenvalue weighted by molar-refractivity contribution is -0.120. The molecule has 2 unspecified atom stereocenters. The number of likely N-dealkylation sites (tertiary alicyclic amines) is 1. The first-order valence-corrected chi connectivity index (χ1v) is 7.63. The summed E-state index contributed by atoms with van der Waals surface area (Å²) in [5.74, 6) is 0.223. The minimum absolute atomic E-state index is 0.161. The molecule has 0 radical (unpaired) electrons. The number of nitrogens with zero attached hydrogens (tertiary/aromatic N) is 1. The van der Waals surface area contributed by atoms with E-state index in [-0.39, 0.29) is 30.6 Å². The van der Waals surface area contributed by atoms with Gasteiger partial charge in [0, 0.05) is 18.6 Å². The number of nitrogens with one attached hydrogen (secondary N) is 2. The van der Waals surface area contributed by atoms with Crippen LogP contribution in [0.4, 0.5) is 4.79 Å². The molecule has 1 aliphatic carbocycles. The van der Waals surface area contributed by atoms with Crippen molar-refractivity contribution >= 4 is 11.9 Å². The van der Waals surface area contributed by atoms with E-state index < -0.39 is 0 Å². The van der Waals surface area contributed by atoms with E-state index in [0.717, 1.165) is 45.2 Å². The number of nitrogens with two attached hydrogens (primary N) is 1. The molecule has 1 saturated heterocycles. The Labute approximate surface area is 120 Å². The number of amides is 3. The maximum atomic E-state index is 11.8. The standard InChI is InChI=1S/C14H26N4O2/c1-10(15)11-6-7-18(8-11)9-13(19)17-14(20)16-12-4-2-3-5-12/h10-12H,2-9,15H2,1H3,(H2,16,17,19,20). The van der Waals surface area contributed by atoms with Crippen LogP contribution in [0.25, 0.3) is 0 Å². The average molecular weight is 282 g/mol. The molecule has 1 saturated carbocycles. The Bertz CT molecular complexity index is 353. The van der Waals surface area contributed by atoms with Crippen LogP contribution in [0, 0.1) is 5.92 Å². The van der Waals surface area contributed by atoms with Crippen molar-refractivity contribution in [2.24, 2.45) is 11.7 Å². The van der Waals surface area contributed by atoms with Gasteiger partial charge in [0.15, 0.2) is 0 Å². The number of urea groups is 1. The Hall–Kier alpha value is -1.14. The summed E-state index contributed by atoms with van der Waals surface area (Å²) in [5.41, 5.74) is 5.87. The molecule has 2 atom stereocenters. The van der Waals surface area contributed by atoms with Gasteiger partial charge in [0.2, 0.25) is 5.91 Å². The van der Waals surface area contributed by atoms with E-state index >= 15 is 0 Å². The van der Waals surface area contributed by atoms with Gasteiger partial charge in [0.05, 0.1) is 6.54 Å².